The highest BCUT2D eigenvalue weighted by molar-refractivity contribution is 6.02. The van der Waals surface area contributed by atoms with Crippen LogP contribution in [0.5, 0.6) is 5.75 Å². The lowest BCUT2D eigenvalue weighted by Crippen LogP contribution is -2.58. The Bertz CT molecular complexity index is 1650. The van der Waals surface area contributed by atoms with E-state index >= 15 is 0 Å². The topological polar surface area (TPSA) is 196 Å². The molecule has 3 atom stereocenters. The number of nitrogens with zero attached hydrogens (tertiary/aromatic N) is 2. The molecule has 1 aromatic heterocycles. The second-order valence-corrected chi connectivity index (χ2v) is 12.0. The van der Waals surface area contributed by atoms with E-state index in [2.05, 4.69) is 26.4 Å². The first-order valence-electron chi connectivity index (χ1n) is 14.9. The normalized spacial score (nSPS) is 13.4. The number of rotatable bonds is 13. The molecule has 0 aliphatic heterocycles. The molecule has 3 aromatic rings. The van der Waals surface area contributed by atoms with Gasteiger partial charge in [0.25, 0.3) is 11.8 Å². The fourth-order valence-corrected chi connectivity index (χ4v) is 4.15. The van der Waals surface area contributed by atoms with Crippen molar-refractivity contribution in [2.45, 2.75) is 71.8 Å². The third-order valence-electron chi connectivity index (χ3n) is 6.57. The van der Waals surface area contributed by atoms with E-state index in [1.54, 1.807) is 52.0 Å². The fourth-order valence-electron chi connectivity index (χ4n) is 4.15. The van der Waals surface area contributed by atoms with E-state index < -0.39 is 47.4 Å². The minimum absolute atomic E-state index is 0.0824. The van der Waals surface area contributed by atoms with Crippen molar-refractivity contribution in [2.24, 2.45) is 0 Å². The van der Waals surface area contributed by atoms with Crippen LogP contribution < -0.4 is 26.0 Å². The van der Waals surface area contributed by atoms with Gasteiger partial charge in [-0.15, -0.1) is 0 Å². The number of nitriles is 1. The number of hydrogen-bond donors (Lipinski definition) is 5. The molecule has 2 aromatic carbocycles. The summed E-state index contributed by atoms with van der Waals surface area (Å²) >= 11 is 0. The molecule has 4 amide bonds. The van der Waals surface area contributed by atoms with Gasteiger partial charge in [0.2, 0.25) is 11.8 Å². The molecular formula is C34H40N6O7. The predicted octanol–water partition coefficient (Wildman–Crippen LogP) is 2.47. The number of carbonyl (C=O) groups is 4. The van der Waals surface area contributed by atoms with Gasteiger partial charge in [-0.2, -0.15) is 5.26 Å². The number of nitrogens with one attached hydrogen (secondary N) is 4. The van der Waals surface area contributed by atoms with E-state index in [0.29, 0.717) is 17.1 Å². The van der Waals surface area contributed by atoms with E-state index in [1.165, 1.54) is 19.1 Å². The third-order valence-corrected chi connectivity index (χ3v) is 6.57. The van der Waals surface area contributed by atoms with Gasteiger partial charge in [-0.1, -0.05) is 47.1 Å². The van der Waals surface area contributed by atoms with Crippen molar-refractivity contribution in [3.63, 3.8) is 0 Å². The summed E-state index contributed by atoms with van der Waals surface area (Å²) in [6.07, 6.45) is 0.0747. The number of benzene rings is 2. The Morgan fingerprint density at radius 1 is 1.04 bits per heavy atom. The summed E-state index contributed by atoms with van der Waals surface area (Å²) in [5.41, 5.74) is 1.65. The molecule has 3 rings (SSSR count). The molecule has 0 aliphatic rings. The van der Waals surface area contributed by atoms with Crippen LogP contribution in [0.3, 0.4) is 0 Å². The van der Waals surface area contributed by atoms with Crippen LogP contribution in [0, 0.1) is 25.2 Å². The molecule has 0 bridgehead atoms. The highest BCUT2D eigenvalue weighted by atomic mass is 16.5. The Morgan fingerprint density at radius 3 is 2.34 bits per heavy atom. The number of aromatic nitrogens is 1. The second-order valence-electron chi connectivity index (χ2n) is 12.0. The van der Waals surface area contributed by atoms with Gasteiger partial charge in [0, 0.05) is 18.2 Å². The summed E-state index contributed by atoms with van der Waals surface area (Å²) in [5.74, 6) is -2.03. The summed E-state index contributed by atoms with van der Waals surface area (Å²) in [6.45, 7) is 10.1. The maximum Gasteiger partial charge on any atom is 0.274 e. The molecule has 13 heteroatoms. The van der Waals surface area contributed by atoms with E-state index in [4.69, 9.17) is 9.26 Å². The van der Waals surface area contributed by atoms with Crippen molar-refractivity contribution in [3.8, 4) is 11.8 Å². The zero-order valence-electron chi connectivity index (χ0n) is 27.2. The molecule has 1 heterocycles. The lowest BCUT2D eigenvalue weighted by atomic mass is 10.1. The predicted molar refractivity (Wildman–Crippen MR) is 173 cm³/mol. The summed E-state index contributed by atoms with van der Waals surface area (Å²) in [7, 11) is 0. The molecule has 5 N–H and O–H groups in total. The van der Waals surface area contributed by atoms with Crippen molar-refractivity contribution in [2.75, 3.05) is 6.61 Å². The Hall–Kier alpha value is -5.48. The number of hydrogen-bond acceptors (Lipinski definition) is 9. The Labute approximate surface area is 273 Å². The van der Waals surface area contributed by atoms with Crippen LogP contribution in [0.15, 0.2) is 64.7 Å². The van der Waals surface area contributed by atoms with Crippen LogP contribution in [0.2, 0.25) is 0 Å². The molecule has 0 spiro atoms. The Kier molecular flexibility index (Phi) is 12.4. The summed E-state index contributed by atoms with van der Waals surface area (Å²) in [6, 6.07) is 14.6. The van der Waals surface area contributed by atoms with Crippen molar-refractivity contribution in [1.29, 1.82) is 5.26 Å². The van der Waals surface area contributed by atoms with Crippen molar-refractivity contribution in [3.05, 3.63) is 88.3 Å². The maximum atomic E-state index is 13.4. The van der Waals surface area contributed by atoms with Gasteiger partial charge < -0.3 is 35.6 Å². The maximum absolute atomic E-state index is 13.4. The van der Waals surface area contributed by atoms with E-state index in [-0.39, 0.29) is 24.4 Å². The van der Waals surface area contributed by atoms with Crippen LogP contribution >= 0.6 is 0 Å². The van der Waals surface area contributed by atoms with E-state index in [0.717, 1.165) is 11.1 Å². The standard InChI is InChI=1S/C34H40N6O7/c1-20-10-12-23(13-11-20)18-36-31(43)28(37-33(45)29(22(3)41)38-32(44)27-14-21(2)47-40-27)19-46-26-9-7-8-24(16-26)15-25(17-35)30(42)39-34(4,5)6/h7-16,22,28-29,41H,18-19H2,1-6H3,(H,36,43)(H,37,45)(H,38,44)(H,39,42)/t22-,28?,29+/m1/s1. The molecule has 0 saturated heterocycles. The van der Waals surface area contributed by atoms with E-state index in [1.807, 2.05) is 37.3 Å². The lowest BCUT2D eigenvalue weighted by Gasteiger charge is -2.24. The lowest BCUT2D eigenvalue weighted by molar-refractivity contribution is -0.132. The number of aryl methyl sites for hydroxylation is 2. The van der Waals surface area contributed by atoms with Crippen LogP contribution in [-0.2, 0) is 20.9 Å². The summed E-state index contributed by atoms with van der Waals surface area (Å²) < 4.78 is 10.8. The molecule has 0 saturated carbocycles. The average Bonchev–Trinajstić information content (AvgIpc) is 3.45. The molecule has 0 radical (unpaired) electrons. The SMILES string of the molecule is Cc1ccc(CNC(=O)C(COc2cccc(C=C(C#N)C(=O)NC(C)(C)C)c2)NC(=O)[C@@H](NC(=O)c2cc(C)on2)[C@@H](C)O)cc1. The average molecular weight is 645 g/mol. The number of aliphatic hydroxyl groups is 1. The van der Waals surface area contributed by atoms with Crippen LogP contribution in [0.1, 0.15) is 60.6 Å². The van der Waals surface area contributed by atoms with Crippen molar-refractivity contribution >= 4 is 29.7 Å². The fraction of sp³-hybridized carbons (Fsp3) is 0.353. The monoisotopic (exact) mass is 644 g/mol. The summed E-state index contributed by atoms with van der Waals surface area (Å²) in [4.78, 5) is 51.9. The zero-order chi connectivity index (χ0) is 34.7. The van der Waals surface area contributed by atoms with Crippen molar-refractivity contribution in [1.82, 2.24) is 26.4 Å². The minimum Gasteiger partial charge on any atom is -0.491 e. The van der Waals surface area contributed by atoms with Gasteiger partial charge in [-0.3, -0.25) is 19.2 Å². The Balaban J connectivity index is 1.79. The number of aliphatic hydroxyl groups excluding tert-OH is 1. The smallest absolute Gasteiger partial charge is 0.274 e. The molecule has 248 valence electrons. The van der Waals surface area contributed by atoms with Gasteiger partial charge in [0.15, 0.2) is 5.69 Å². The van der Waals surface area contributed by atoms with Crippen LogP contribution in [0.4, 0.5) is 0 Å². The van der Waals surface area contributed by atoms with Gasteiger partial charge in [-0.25, -0.2) is 0 Å². The van der Waals surface area contributed by atoms with Crippen LogP contribution in [-0.4, -0.2) is 64.2 Å². The number of ether oxygens (including phenoxy) is 1. The second kappa shape index (κ2) is 16.2. The first-order valence-corrected chi connectivity index (χ1v) is 14.9. The third kappa shape index (κ3) is 11.4. The van der Waals surface area contributed by atoms with Gasteiger partial charge in [0.05, 0.1) is 6.10 Å². The molecule has 1 unspecified atom stereocenters. The van der Waals surface area contributed by atoms with Crippen LogP contribution in [0.25, 0.3) is 6.08 Å². The minimum atomic E-state index is -1.44. The van der Waals surface area contributed by atoms with Crippen molar-refractivity contribution < 1.29 is 33.5 Å². The van der Waals surface area contributed by atoms with Gasteiger partial charge in [0.1, 0.15) is 41.8 Å². The highest BCUT2D eigenvalue weighted by Crippen LogP contribution is 2.17. The van der Waals surface area contributed by atoms with Gasteiger partial charge in [-0.05, 0) is 70.9 Å². The zero-order valence-corrected chi connectivity index (χ0v) is 27.2. The van der Waals surface area contributed by atoms with Gasteiger partial charge >= 0.3 is 0 Å². The van der Waals surface area contributed by atoms with E-state index in [9.17, 15) is 29.5 Å². The first kappa shape index (κ1) is 36.0. The quantitative estimate of drug-likeness (QED) is 0.137. The Morgan fingerprint density at radius 2 is 1.74 bits per heavy atom. The number of carbonyl (C=O) groups excluding carboxylic acids is 4. The first-order chi connectivity index (χ1) is 22.1. The molecule has 0 aliphatic carbocycles. The molecule has 47 heavy (non-hydrogen) atoms. The summed E-state index contributed by atoms with van der Waals surface area (Å²) in [5, 5.41) is 34.0. The number of amides is 4. The largest absolute Gasteiger partial charge is 0.491 e. The molecular weight excluding hydrogens is 604 g/mol. The highest BCUT2D eigenvalue weighted by Gasteiger charge is 2.31. The molecule has 0 fully saturated rings. The molecule has 13 nitrogen and oxygen atoms in total.